The molecule has 9 heteroatoms. The maximum absolute atomic E-state index is 12.7. The lowest BCUT2D eigenvalue weighted by atomic mass is 10.1. The van der Waals surface area contributed by atoms with Crippen LogP contribution in [-0.4, -0.2) is 45.4 Å². The Morgan fingerprint density at radius 3 is 2.82 bits per heavy atom. The van der Waals surface area contributed by atoms with Crippen molar-refractivity contribution in [2.24, 2.45) is 0 Å². The first-order valence-electron chi connectivity index (χ1n) is 9.27. The number of hydrogen-bond acceptors (Lipinski definition) is 6. The van der Waals surface area contributed by atoms with E-state index in [4.69, 9.17) is 16.3 Å². The van der Waals surface area contributed by atoms with Crippen molar-refractivity contribution in [2.75, 3.05) is 24.6 Å². The SMILES string of the molecule is CCOC(=O)c1cnn(-c2nc3cc(Cl)c(N4CCCCC4)cc3c(=O)[nH]2)c1. The Bertz CT molecular complexity index is 1080. The Labute approximate surface area is 166 Å². The fourth-order valence-electron chi connectivity index (χ4n) is 3.38. The first-order chi connectivity index (χ1) is 13.6. The van der Waals surface area contributed by atoms with E-state index in [9.17, 15) is 9.59 Å². The average Bonchev–Trinajstić information content (AvgIpc) is 3.19. The van der Waals surface area contributed by atoms with Crippen LogP contribution in [0.15, 0.2) is 29.3 Å². The standard InChI is InChI=1S/C19H20ClN5O3/c1-2-28-18(27)12-10-21-25(11-12)19-22-15-9-14(20)16(8-13(15)17(26)23-19)24-6-4-3-5-7-24/h8-11H,2-7H2,1H3,(H,22,23,26). The molecule has 0 spiro atoms. The van der Waals surface area contributed by atoms with Crippen molar-refractivity contribution in [1.82, 2.24) is 19.7 Å². The number of anilines is 1. The quantitative estimate of drug-likeness (QED) is 0.675. The second-order valence-electron chi connectivity index (χ2n) is 6.65. The number of halogens is 1. The second kappa shape index (κ2) is 7.63. The highest BCUT2D eigenvalue weighted by molar-refractivity contribution is 6.34. The van der Waals surface area contributed by atoms with Crippen molar-refractivity contribution in [3.05, 3.63) is 45.5 Å². The summed E-state index contributed by atoms with van der Waals surface area (Å²) < 4.78 is 6.28. The van der Waals surface area contributed by atoms with Gasteiger partial charge in [0.05, 0.1) is 40.0 Å². The van der Waals surface area contributed by atoms with E-state index >= 15 is 0 Å². The third-order valence-electron chi connectivity index (χ3n) is 4.77. The van der Waals surface area contributed by atoms with Crippen LogP contribution < -0.4 is 10.5 Å². The number of aromatic nitrogens is 4. The van der Waals surface area contributed by atoms with E-state index in [0.717, 1.165) is 31.6 Å². The number of H-pyrrole nitrogens is 1. The summed E-state index contributed by atoms with van der Waals surface area (Å²) in [7, 11) is 0. The van der Waals surface area contributed by atoms with Crippen LogP contribution in [0.2, 0.25) is 5.02 Å². The van der Waals surface area contributed by atoms with E-state index in [1.807, 2.05) is 0 Å². The summed E-state index contributed by atoms with van der Waals surface area (Å²) in [5.41, 5.74) is 1.32. The summed E-state index contributed by atoms with van der Waals surface area (Å²) in [6.45, 7) is 3.86. The Hall–Kier alpha value is -2.87. The molecule has 1 aromatic carbocycles. The van der Waals surface area contributed by atoms with Crippen LogP contribution >= 0.6 is 11.6 Å². The van der Waals surface area contributed by atoms with Gasteiger partial charge < -0.3 is 9.64 Å². The molecule has 2 aromatic heterocycles. The maximum Gasteiger partial charge on any atom is 0.341 e. The fraction of sp³-hybridized carbons (Fsp3) is 0.368. The summed E-state index contributed by atoms with van der Waals surface area (Å²) >= 11 is 6.49. The molecule has 1 saturated heterocycles. The Morgan fingerprint density at radius 1 is 1.29 bits per heavy atom. The highest BCUT2D eigenvalue weighted by atomic mass is 35.5. The van der Waals surface area contributed by atoms with E-state index in [1.54, 1.807) is 19.1 Å². The van der Waals surface area contributed by atoms with Gasteiger partial charge in [0, 0.05) is 19.3 Å². The minimum absolute atomic E-state index is 0.204. The first-order valence-corrected chi connectivity index (χ1v) is 9.65. The molecule has 0 bridgehead atoms. The molecule has 1 aliphatic heterocycles. The van der Waals surface area contributed by atoms with E-state index in [0.29, 0.717) is 15.9 Å². The molecule has 0 unspecified atom stereocenters. The lowest BCUT2D eigenvalue weighted by Gasteiger charge is -2.29. The Morgan fingerprint density at radius 2 is 2.07 bits per heavy atom. The van der Waals surface area contributed by atoms with Gasteiger partial charge in [-0.1, -0.05) is 11.6 Å². The molecule has 0 aliphatic carbocycles. The average molecular weight is 402 g/mol. The van der Waals surface area contributed by atoms with Gasteiger partial charge in [-0.25, -0.2) is 14.5 Å². The van der Waals surface area contributed by atoms with Gasteiger partial charge in [-0.05, 0) is 38.3 Å². The van der Waals surface area contributed by atoms with Gasteiger partial charge in [-0.2, -0.15) is 5.10 Å². The molecule has 146 valence electrons. The molecule has 0 amide bonds. The zero-order valence-electron chi connectivity index (χ0n) is 15.4. The number of benzene rings is 1. The number of ether oxygens (including phenoxy) is 1. The number of fused-ring (bicyclic) bond motifs is 1. The van der Waals surface area contributed by atoms with Gasteiger partial charge in [0.25, 0.3) is 5.56 Å². The van der Waals surface area contributed by atoms with Crippen molar-refractivity contribution in [3.8, 4) is 5.95 Å². The first kappa shape index (κ1) is 18.5. The number of esters is 1. The number of rotatable bonds is 4. The van der Waals surface area contributed by atoms with E-state index in [2.05, 4.69) is 20.0 Å². The largest absolute Gasteiger partial charge is 0.462 e. The van der Waals surface area contributed by atoms with Crippen LogP contribution in [-0.2, 0) is 4.74 Å². The second-order valence-corrected chi connectivity index (χ2v) is 7.06. The Balaban J connectivity index is 1.73. The molecule has 1 N–H and O–H groups in total. The molecule has 3 aromatic rings. The van der Waals surface area contributed by atoms with Crippen LogP contribution in [0.1, 0.15) is 36.5 Å². The summed E-state index contributed by atoms with van der Waals surface area (Å²) in [6, 6.07) is 3.50. The number of hydrogen-bond donors (Lipinski definition) is 1. The zero-order valence-corrected chi connectivity index (χ0v) is 16.2. The molecular weight excluding hydrogens is 382 g/mol. The lowest BCUT2D eigenvalue weighted by molar-refractivity contribution is 0.0526. The van der Waals surface area contributed by atoms with E-state index < -0.39 is 5.97 Å². The van der Waals surface area contributed by atoms with Crippen LogP contribution in [0, 0.1) is 0 Å². The zero-order chi connectivity index (χ0) is 19.7. The molecule has 28 heavy (non-hydrogen) atoms. The third kappa shape index (κ3) is 3.47. The summed E-state index contributed by atoms with van der Waals surface area (Å²) in [5, 5.41) is 5.12. The van der Waals surface area contributed by atoms with Gasteiger partial charge in [-0.3, -0.25) is 9.78 Å². The molecular formula is C19H20ClN5O3. The van der Waals surface area contributed by atoms with E-state index in [1.165, 1.54) is 23.5 Å². The van der Waals surface area contributed by atoms with Crippen molar-refractivity contribution >= 4 is 34.2 Å². The molecule has 4 rings (SSSR count). The number of nitrogens with one attached hydrogen (secondary N) is 1. The monoisotopic (exact) mass is 401 g/mol. The van der Waals surface area contributed by atoms with Gasteiger partial charge in [0.1, 0.15) is 0 Å². The maximum atomic E-state index is 12.7. The molecule has 0 atom stereocenters. The van der Waals surface area contributed by atoms with Crippen LogP contribution in [0.5, 0.6) is 0 Å². The van der Waals surface area contributed by atoms with Crippen LogP contribution in [0.25, 0.3) is 16.9 Å². The minimum atomic E-state index is -0.480. The van der Waals surface area contributed by atoms with E-state index in [-0.39, 0.29) is 23.7 Å². The molecule has 3 heterocycles. The van der Waals surface area contributed by atoms with Crippen molar-refractivity contribution < 1.29 is 9.53 Å². The predicted octanol–water partition coefficient (Wildman–Crippen LogP) is 2.93. The number of carbonyl (C=O) groups excluding carboxylic acids is 1. The molecule has 1 aliphatic rings. The van der Waals surface area contributed by atoms with Crippen molar-refractivity contribution in [1.29, 1.82) is 0 Å². The van der Waals surface area contributed by atoms with Crippen LogP contribution in [0.4, 0.5) is 5.69 Å². The summed E-state index contributed by atoms with van der Waals surface area (Å²) in [5.74, 6) is -0.277. The van der Waals surface area contributed by atoms with Gasteiger partial charge in [-0.15, -0.1) is 0 Å². The molecule has 0 saturated carbocycles. The molecule has 8 nitrogen and oxygen atoms in total. The predicted molar refractivity (Wildman–Crippen MR) is 107 cm³/mol. The smallest absolute Gasteiger partial charge is 0.341 e. The van der Waals surface area contributed by atoms with Gasteiger partial charge >= 0.3 is 5.97 Å². The van der Waals surface area contributed by atoms with Gasteiger partial charge in [0.2, 0.25) is 5.95 Å². The summed E-state index contributed by atoms with van der Waals surface area (Å²) in [6.07, 6.45) is 6.28. The number of piperidine rings is 1. The fourth-order valence-corrected chi connectivity index (χ4v) is 3.66. The Kier molecular flexibility index (Phi) is 5.04. The number of nitrogens with zero attached hydrogens (tertiary/aromatic N) is 4. The molecule has 1 fully saturated rings. The lowest BCUT2D eigenvalue weighted by Crippen LogP contribution is -2.29. The number of aromatic amines is 1. The van der Waals surface area contributed by atoms with Crippen molar-refractivity contribution in [2.45, 2.75) is 26.2 Å². The normalized spacial score (nSPS) is 14.4. The van der Waals surface area contributed by atoms with Crippen LogP contribution in [0.3, 0.4) is 0 Å². The highest BCUT2D eigenvalue weighted by Crippen LogP contribution is 2.31. The third-order valence-corrected chi connectivity index (χ3v) is 5.07. The highest BCUT2D eigenvalue weighted by Gasteiger charge is 2.17. The molecule has 0 radical (unpaired) electrons. The number of carbonyl (C=O) groups is 1. The van der Waals surface area contributed by atoms with Crippen molar-refractivity contribution in [3.63, 3.8) is 0 Å². The van der Waals surface area contributed by atoms with Gasteiger partial charge in [0.15, 0.2) is 0 Å². The topological polar surface area (TPSA) is 93.1 Å². The summed E-state index contributed by atoms with van der Waals surface area (Å²) in [4.78, 5) is 33.9. The minimum Gasteiger partial charge on any atom is -0.462 e.